The van der Waals surface area contributed by atoms with Gasteiger partial charge in [-0.2, -0.15) is 0 Å². The van der Waals surface area contributed by atoms with Crippen LogP contribution in [0.3, 0.4) is 0 Å². The number of hydrogen-bond donors (Lipinski definition) is 4. The van der Waals surface area contributed by atoms with E-state index in [1.165, 1.54) is 18.3 Å². The van der Waals surface area contributed by atoms with Gasteiger partial charge in [-0.1, -0.05) is 11.6 Å². The SMILES string of the molecule is O=C(NCCC1=CCCC1)N[C@@H](Cc1cnc[nH]1)C(=O)O. The zero-order chi connectivity index (χ0) is 15.1. The van der Waals surface area contributed by atoms with Crippen molar-refractivity contribution in [1.29, 1.82) is 0 Å². The molecule has 2 amide bonds. The summed E-state index contributed by atoms with van der Waals surface area (Å²) >= 11 is 0. The maximum Gasteiger partial charge on any atom is 0.326 e. The predicted molar refractivity (Wildman–Crippen MR) is 76.8 cm³/mol. The van der Waals surface area contributed by atoms with Crippen molar-refractivity contribution in [2.45, 2.75) is 38.1 Å². The summed E-state index contributed by atoms with van der Waals surface area (Å²) in [6.45, 7) is 0.522. The lowest BCUT2D eigenvalue weighted by molar-refractivity contribution is -0.139. The Kier molecular flexibility index (Phi) is 5.36. The second-order valence-corrected chi connectivity index (χ2v) is 5.08. The Labute approximate surface area is 122 Å². The first-order valence-electron chi connectivity index (χ1n) is 7.07. The Bertz CT molecular complexity index is 510. The number of amides is 2. The minimum absolute atomic E-state index is 0.175. The second-order valence-electron chi connectivity index (χ2n) is 5.08. The molecule has 0 fully saturated rings. The molecule has 7 nitrogen and oxygen atoms in total. The van der Waals surface area contributed by atoms with Crippen molar-refractivity contribution in [2.24, 2.45) is 0 Å². The standard InChI is InChI=1S/C14H20N4O3/c19-13(20)12(7-11-8-15-9-17-11)18-14(21)16-6-5-10-3-1-2-4-10/h3,8-9,12H,1-2,4-7H2,(H,15,17)(H,19,20)(H2,16,18,21)/t12-/m0/s1. The highest BCUT2D eigenvalue weighted by molar-refractivity contribution is 5.82. The fourth-order valence-electron chi connectivity index (χ4n) is 2.33. The smallest absolute Gasteiger partial charge is 0.326 e. The van der Waals surface area contributed by atoms with Crippen molar-refractivity contribution in [3.05, 3.63) is 29.9 Å². The summed E-state index contributed by atoms with van der Waals surface area (Å²) < 4.78 is 0. The molecule has 0 aromatic carbocycles. The van der Waals surface area contributed by atoms with E-state index in [2.05, 4.69) is 26.7 Å². The number of hydrogen-bond acceptors (Lipinski definition) is 3. The molecule has 1 aliphatic rings. The van der Waals surface area contributed by atoms with E-state index in [0.717, 1.165) is 19.3 Å². The fraction of sp³-hybridized carbons (Fsp3) is 0.500. The molecule has 0 spiro atoms. The van der Waals surface area contributed by atoms with Crippen LogP contribution >= 0.6 is 0 Å². The van der Waals surface area contributed by atoms with Crippen LogP contribution in [0.4, 0.5) is 4.79 Å². The first-order valence-corrected chi connectivity index (χ1v) is 7.07. The van der Waals surface area contributed by atoms with Gasteiger partial charge in [0.2, 0.25) is 0 Å². The van der Waals surface area contributed by atoms with E-state index < -0.39 is 18.0 Å². The first kappa shape index (κ1) is 15.1. The summed E-state index contributed by atoms with van der Waals surface area (Å²) in [5.74, 6) is -1.07. The molecule has 1 atom stereocenters. The number of carbonyl (C=O) groups excluding carboxylic acids is 1. The Hall–Kier alpha value is -2.31. The normalized spacial score (nSPS) is 15.3. The van der Waals surface area contributed by atoms with E-state index in [9.17, 15) is 9.59 Å². The second kappa shape index (κ2) is 7.47. The molecule has 0 saturated carbocycles. The van der Waals surface area contributed by atoms with Crippen LogP contribution in [0.2, 0.25) is 0 Å². The van der Waals surface area contributed by atoms with Gasteiger partial charge in [-0.15, -0.1) is 0 Å². The van der Waals surface area contributed by atoms with Gasteiger partial charge in [-0.25, -0.2) is 14.6 Å². The third-order valence-electron chi connectivity index (χ3n) is 3.45. The average Bonchev–Trinajstić information content (AvgIpc) is 3.10. The molecular formula is C14H20N4O3. The highest BCUT2D eigenvalue weighted by atomic mass is 16.4. The summed E-state index contributed by atoms with van der Waals surface area (Å²) in [7, 11) is 0. The number of aliphatic carboxylic acids is 1. The molecule has 0 saturated heterocycles. The highest BCUT2D eigenvalue weighted by Gasteiger charge is 2.20. The van der Waals surface area contributed by atoms with E-state index in [0.29, 0.717) is 12.2 Å². The van der Waals surface area contributed by atoms with E-state index in [1.54, 1.807) is 6.20 Å². The van der Waals surface area contributed by atoms with Gasteiger partial charge >= 0.3 is 12.0 Å². The third kappa shape index (κ3) is 4.94. The molecule has 1 aliphatic carbocycles. The van der Waals surface area contributed by atoms with E-state index >= 15 is 0 Å². The van der Waals surface area contributed by atoms with Gasteiger partial charge < -0.3 is 20.7 Å². The number of allylic oxidation sites excluding steroid dienone is 1. The maximum absolute atomic E-state index is 11.7. The number of carbonyl (C=O) groups is 2. The Morgan fingerprint density at radius 1 is 1.48 bits per heavy atom. The highest BCUT2D eigenvalue weighted by Crippen LogP contribution is 2.19. The number of H-pyrrole nitrogens is 1. The first-order chi connectivity index (χ1) is 10.1. The minimum Gasteiger partial charge on any atom is -0.480 e. The van der Waals surface area contributed by atoms with Crippen LogP contribution in [-0.4, -0.2) is 39.7 Å². The summed E-state index contributed by atoms with van der Waals surface area (Å²) in [5.41, 5.74) is 2.03. The molecule has 114 valence electrons. The topological polar surface area (TPSA) is 107 Å². The quantitative estimate of drug-likeness (QED) is 0.566. The molecule has 0 unspecified atom stereocenters. The van der Waals surface area contributed by atoms with Gasteiger partial charge in [0.25, 0.3) is 0 Å². The number of carboxylic acids is 1. The van der Waals surface area contributed by atoms with Gasteiger partial charge in [0.15, 0.2) is 0 Å². The zero-order valence-corrected chi connectivity index (χ0v) is 11.8. The number of rotatable bonds is 7. The number of nitrogens with zero attached hydrogens (tertiary/aromatic N) is 1. The lowest BCUT2D eigenvalue weighted by Crippen LogP contribution is -2.47. The molecule has 1 aromatic heterocycles. The third-order valence-corrected chi connectivity index (χ3v) is 3.45. The number of urea groups is 1. The molecule has 0 aliphatic heterocycles. The number of nitrogens with one attached hydrogen (secondary N) is 3. The predicted octanol–water partition coefficient (Wildman–Crippen LogP) is 1.21. The summed E-state index contributed by atoms with van der Waals surface area (Å²) in [6, 6.07) is -1.43. The van der Waals surface area contributed by atoms with Gasteiger partial charge in [0.05, 0.1) is 6.33 Å². The average molecular weight is 292 g/mol. The van der Waals surface area contributed by atoms with E-state index in [4.69, 9.17) is 5.11 Å². The van der Waals surface area contributed by atoms with Gasteiger partial charge in [-0.3, -0.25) is 0 Å². The van der Waals surface area contributed by atoms with Crippen LogP contribution in [0.25, 0.3) is 0 Å². The molecular weight excluding hydrogens is 272 g/mol. The zero-order valence-electron chi connectivity index (χ0n) is 11.8. The summed E-state index contributed by atoms with van der Waals surface area (Å²) in [5, 5.41) is 14.3. The maximum atomic E-state index is 11.7. The lowest BCUT2D eigenvalue weighted by Gasteiger charge is -2.14. The van der Waals surface area contributed by atoms with E-state index in [1.807, 2.05) is 0 Å². The number of aromatic amines is 1. The minimum atomic E-state index is -1.07. The van der Waals surface area contributed by atoms with Crippen molar-refractivity contribution in [1.82, 2.24) is 20.6 Å². The van der Waals surface area contributed by atoms with E-state index in [-0.39, 0.29) is 6.42 Å². The molecule has 1 heterocycles. The number of carboxylic acid groups (broad SMARTS) is 1. The molecule has 21 heavy (non-hydrogen) atoms. The van der Waals surface area contributed by atoms with Crippen LogP contribution in [0.15, 0.2) is 24.2 Å². The van der Waals surface area contributed by atoms with Crippen LogP contribution in [-0.2, 0) is 11.2 Å². The molecule has 4 N–H and O–H groups in total. The van der Waals surface area contributed by atoms with Gasteiger partial charge in [0, 0.05) is 24.9 Å². The molecule has 1 aromatic rings. The largest absolute Gasteiger partial charge is 0.480 e. The lowest BCUT2D eigenvalue weighted by atomic mass is 10.1. The van der Waals surface area contributed by atoms with Crippen LogP contribution in [0.5, 0.6) is 0 Å². The van der Waals surface area contributed by atoms with Crippen LogP contribution in [0.1, 0.15) is 31.4 Å². The van der Waals surface area contributed by atoms with Crippen molar-refractivity contribution < 1.29 is 14.7 Å². The summed E-state index contributed by atoms with van der Waals surface area (Å²) in [4.78, 5) is 29.5. The molecule has 2 rings (SSSR count). The monoisotopic (exact) mass is 292 g/mol. The van der Waals surface area contributed by atoms with Crippen molar-refractivity contribution >= 4 is 12.0 Å². The van der Waals surface area contributed by atoms with Crippen LogP contribution < -0.4 is 10.6 Å². The molecule has 7 heteroatoms. The Morgan fingerprint density at radius 2 is 2.33 bits per heavy atom. The Balaban J connectivity index is 1.74. The van der Waals surface area contributed by atoms with Crippen molar-refractivity contribution in [3.63, 3.8) is 0 Å². The van der Waals surface area contributed by atoms with Gasteiger partial charge in [-0.05, 0) is 25.7 Å². The molecule has 0 bridgehead atoms. The van der Waals surface area contributed by atoms with Crippen LogP contribution in [0, 0.1) is 0 Å². The number of imidazole rings is 1. The number of aromatic nitrogens is 2. The van der Waals surface area contributed by atoms with Crippen molar-refractivity contribution in [3.8, 4) is 0 Å². The Morgan fingerprint density at radius 3 is 2.95 bits per heavy atom. The molecule has 0 radical (unpaired) electrons. The summed E-state index contributed by atoms with van der Waals surface area (Å²) in [6.07, 6.45) is 9.63. The fourth-order valence-corrected chi connectivity index (χ4v) is 2.33. The van der Waals surface area contributed by atoms with Gasteiger partial charge in [0.1, 0.15) is 6.04 Å². The van der Waals surface area contributed by atoms with Crippen molar-refractivity contribution in [2.75, 3.05) is 6.54 Å².